The molecule has 0 spiro atoms. The number of nitrogens with zero attached hydrogens (tertiary/aromatic N) is 2. The van der Waals surface area contributed by atoms with E-state index in [1.807, 2.05) is 13.0 Å². The Balaban J connectivity index is 3.05. The molecule has 0 aliphatic rings. The summed E-state index contributed by atoms with van der Waals surface area (Å²) in [4.78, 5) is 10.5. The number of rotatable bonds is 5. The van der Waals surface area contributed by atoms with Crippen molar-refractivity contribution in [3.05, 3.63) is 33.9 Å². The topological polar surface area (TPSA) is 79.0 Å². The third kappa shape index (κ3) is 3.20. The highest BCUT2D eigenvalue weighted by atomic mass is 16.6. The van der Waals surface area contributed by atoms with Crippen LogP contribution in [-0.2, 0) is 0 Å². The van der Waals surface area contributed by atoms with E-state index in [1.54, 1.807) is 0 Å². The number of nitro benzene ring substituents is 1. The molecule has 0 saturated carbocycles. The van der Waals surface area contributed by atoms with Gasteiger partial charge < -0.3 is 5.32 Å². The van der Waals surface area contributed by atoms with E-state index in [4.69, 9.17) is 5.26 Å². The second-order valence-corrected chi connectivity index (χ2v) is 4.42. The Labute approximate surface area is 107 Å². The summed E-state index contributed by atoms with van der Waals surface area (Å²) < 4.78 is 0. The van der Waals surface area contributed by atoms with E-state index in [9.17, 15) is 10.1 Å². The van der Waals surface area contributed by atoms with Crippen molar-refractivity contribution in [2.75, 3.05) is 5.32 Å². The lowest BCUT2D eigenvalue weighted by molar-refractivity contribution is -0.384. The van der Waals surface area contributed by atoms with Crippen molar-refractivity contribution in [2.45, 2.75) is 33.2 Å². The molecule has 96 valence electrons. The molecule has 0 aromatic heterocycles. The summed E-state index contributed by atoms with van der Waals surface area (Å²) in [6.45, 7) is 6.14. The van der Waals surface area contributed by atoms with Crippen molar-refractivity contribution in [2.24, 2.45) is 5.92 Å². The molecule has 2 unspecified atom stereocenters. The molecule has 5 nitrogen and oxygen atoms in total. The molecule has 0 radical (unpaired) electrons. The van der Waals surface area contributed by atoms with Crippen molar-refractivity contribution in [1.82, 2.24) is 0 Å². The number of hydrogen-bond acceptors (Lipinski definition) is 4. The smallest absolute Gasteiger partial charge is 0.292 e. The first-order valence-electron chi connectivity index (χ1n) is 5.94. The molecular weight excluding hydrogens is 230 g/mol. The summed E-state index contributed by atoms with van der Waals surface area (Å²) in [6, 6.07) is 6.45. The maximum Gasteiger partial charge on any atom is 0.292 e. The number of nitriles is 1. The maximum atomic E-state index is 10.9. The van der Waals surface area contributed by atoms with Crippen LogP contribution in [0.1, 0.15) is 32.8 Å². The SMILES string of the molecule is CCC(C)C(C)Nc1cc(C#N)ccc1[N+](=O)[O-]. The lowest BCUT2D eigenvalue weighted by Gasteiger charge is -2.21. The van der Waals surface area contributed by atoms with Crippen LogP contribution in [0, 0.1) is 27.4 Å². The Hall–Kier alpha value is -2.09. The Kier molecular flexibility index (Phi) is 4.67. The zero-order chi connectivity index (χ0) is 13.7. The molecule has 1 N–H and O–H groups in total. The zero-order valence-corrected chi connectivity index (χ0v) is 10.8. The van der Waals surface area contributed by atoms with Crippen LogP contribution in [0.15, 0.2) is 18.2 Å². The van der Waals surface area contributed by atoms with Gasteiger partial charge in [0.2, 0.25) is 0 Å². The van der Waals surface area contributed by atoms with Crippen molar-refractivity contribution in [3.8, 4) is 6.07 Å². The largest absolute Gasteiger partial charge is 0.377 e. The van der Waals surface area contributed by atoms with Crippen molar-refractivity contribution in [3.63, 3.8) is 0 Å². The molecule has 0 heterocycles. The van der Waals surface area contributed by atoms with Crippen LogP contribution in [0.25, 0.3) is 0 Å². The minimum absolute atomic E-state index is 0.00385. The highest BCUT2D eigenvalue weighted by Crippen LogP contribution is 2.27. The second kappa shape index (κ2) is 6.01. The Bertz CT molecular complexity index is 480. The number of benzene rings is 1. The number of nitro groups is 1. The third-order valence-electron chi connectivity index (χ3n) is 3.20. The lowest BCUT2D eigenvalue weighted by Crippen LogP contribution is -2.23. The van der Waals surface area contributed by atoms with E-state index in [0.29, 0.717) is 17.2 Å². The Morgan fingerprint density at radius 1 is 1.50 bits per heavy atom. The molecule has 1 aromatic carbocycles. The van der Waals surface area contributed by atoms with Gasteiger partial charge in [-0.15, -0.1) is 0 Å². The van der Waals surface area contributed by atoms with Gasteiger partial charge in [0.15, 0.2) is 0 Å². The van der Waals surface area contributed by atoms with Crippen molar-refractivity contribution >= 4 is 11.4 Å². The molecule has 0 saturated heterocycles. The van der Waals surface area contributed by atoms with E-state index < -0.39 is 4.92 Å². The first kappa shape index (κ1) is 14.0. The molecule has 0 aliphatic heterocycles. The van der Waals surface area contributed by atoms with Gasteiger partial charge in [-0.2, -0.15) is 5.26 Å². The molecule has 0 bridgehead atoms. The van der Waals surface area contributed by atoms with E-state index in [-0.39, 0.29) is 11.7 Å². The minimum atomic E-state index is -0.438. The normalized spacial score (nSPS) is 13.4. The van der Waals surface area contributed by atoms with Gasteiger partial charge in [0.25, 0.3) is 5.69 Å². The predicted molar refractivity (Wildman–Crippen MR) is 70.4 cm³/mol. The van der Waals surface area contributed by atoms with Crippen molar-refractivity contribution < 1.29 is 4.92 Å². The average molecular weight is 247 g/mol. The van der Waals surface area contributed by atoms with Crippen LogP contribution in [0.5, 0.6) is 0 Å². The van der Waals surface area contributed by atoms with Gasteiger partial charge in [-0.25, -0.2) is 0 Å². The second-order valence-electron chi connectivity index (χ2n) is 4.42. The molecule has 18 heavy (non-hydrogen) atoms. The van der Waals surface area contributed by atoms with Crippen LogP contribution >= 0.6 is 0 Å². The van der Waals surface area contributed by atoms with Gasteiger partial charge >= 0.3 is 0 Å². The number of anilines is 1. The van der Waals surface area contributed by atoms with Gasteiger partial charge in [-0.1, -0.05) is 20.3 Å². The maximum absolute atomic E-state index is 10.9. The zero-order valence-electron chi connectivity index (χ0n) is 10.8. The van der Waals surface area contributed by atoms with Crippen molar-refractivity contribution in [1.29, 1.82) is 5.26 Å². The van der Waals surface area contributed by atoms with E-state index >= 15 is 0 Å². The highest BCUT2D eigenvalue weighted by molar-refractivity contribution is 5.64. The summed E-state index contributed by atoms with van der Waals surface area (Å²) in [6.07, 6.45) is 0.986. The third-order valence-corrected chi connectivity index (χ3v) is 3.20. The number of nitrogens with one attached hydrogen (secondary N) is 1. The molecule has 1 rings (SSSR count). The van der Waals surface area contributed by atoms with E-state index in [2.05, 4.69) is 19.2 Å². The van der Waals surface area contributed by atoms with Gasteiger partial charge in [-0.05, 0) is 25.0 Å². The standard InChI is InChI=1S/C13H17N3O2/c1-4-9(2)10(3)15-12-7-11(8-14)5-6-13(12)16(17)18/h5-7,9-10,15H,4H2,1-3H3. The van der Waals surface area contributed by atoms with E-state index in [0.717, 1.165) is 6.42 Å². The Morgan fingerprint density at radius 3 is 2.67 bits per heavy atom. The molecular formula is C13H17N3O2. The van der Waals surface area contributed by atoms with Gasteiger partial charge in [-0.3, -0.25) is 10.1 Å². The summed E-state index contributed by atoms with van der Waals surface area (Å²) in [7, 11) is 0. The summed E-state index contributed by atoms with van der Waals surface area (Å²) in [5.41, 5.74) is 0.829. The summed E-state index contributed by atoms with van der Waals surface area (Å²) >= 11 is 0. The fourth-order valence-corrected chi connectivity index (χ4v) is 1.62. The molecule has 1 aromatic rings. The first-order valence-corrected chi connectivity index (χ1v) is 5.94. The van der Waals surface area contributed by atoms with Crippen LogP contribution in [0.3, 0.4) is 0 Å². The molecule has 5 heteroatoms. The molecule has 0 fully saturated rings. The van der Waals surface area contributed by atoms with Crippen LogP contribution < -0.4 is 5.32 Å². The monoisotopic (exact) mass is 247 g/mol. The first-order chi connectivity index (χ1) is 8.49. The molecule has 0 aliphatic carbocycles. The number of hydrogen-bond donors (Lipinski definition) is 1. The molecule has 2 atom stereocenters. The summed E-state index contributed by atoms with van der Waals surface area (Å²) in [5.74, 6) is 0.398. The van der Waals surface area contributed by atoms with Crippen LogP contribution in [-0.4, -0.2) is 11.0 Å². The summed E-state index contributed by atoms with van der Waals surface area (Å²) in [5, 5.41) is 22.9. The van der Waals surface area contributed by atoms with Gasteiger partial charge in [0.05, 0.1) is 16.6 Å². The Morgan fingerprint density at radius 2 is 2.17 bits per heavy atom. The predicted octanol–water partition coefficient (Wildman–Crippen LogP) is 3.31. The quantitative estimate of drug-likeness (QED) is 0.639. The van der Waals surface area contributed by atoms with Crippen LogP contribution in [0.4, 0.5) is 11.4 Å². The highest BCUT2D eigenvalue weighted by Gasteiger charge is 2.18. The fraction of sp³-hybridized carbons (Fsp3) is 0.462. The van der Waals surface area contributed by atoms with E-state index in [1.165, 1.54) is 18.2 Å². The van der Waals surface area contributed by atoms with Gasteiger partial charge in [0, 0.05) is 12.1 Å². The van der Waals surface area contributed by atoms with Crippen LogP contribution in [0.2, 0.25) is 0 Å². The molecule has 0 amide bonds. The van der Waals surface area contributed by atoms with Gasteiger partial charge in [0.1, 0.15) is 5.69 Å². The average Bonchev–Trinajstić information content (AvgIpc) is 2.37. The minimum Gasteiger partial charge on any atom is -0.377 e. The fourth-order valence-electron chi connectivity index (χ4n) is 1.62. The lowest BCUT2D eigenvalue weighted by atomic mass is 10.0.